The SMILES string of the molecule is CC1CCN(CCCNC2CCCC2CN)CC1. The minimum atomic E-state index is 0.705. The van der Waals surface area contributed by atoms with Gasteiger partial charge in [-0.2, -0.15) is 0 Å². The minimum Gasteiger partial charge on any atom is -0.330 e. The van der Waals surface area contributed by atoms with Gasteiger partial charge in [0.25, 0.3) is 0 Å². The summed E-state index contributed by atoms with van der Waals surface area (Å²) >= 11 is 0. The Labute approximate surface area is 112 Å². The number of rotatable bonds is 6. The van der Waals surface area contributed by atoms with Crippen LogP contribution < -0.4 is 11.1 Å². The van der Waals surface area contributed by atoms with Crippen molar-refractivity contribution in [2.24, 2.45) is 17.6 Å². The van der Waals surface area contributed by atoms with Crippen molar-refractivity contribution in [3.8, 4) is 0 Å². The quantitative estimate of drug-likeness (QED) is 0.710. The molecule has 3 N–H and O–H groups in total. The second-order valence-electron chi connectivity index (χ2n) is 6.37. The van der Waals surface area contributed by atoms with E-state index in [1.54, 1.807) is 0 Å². The van der Waals surface area contributed by atoms with Gasteiger partial charge in [-0.05, 0) is 76.7 Å². The zero-order valence-corrected chi connectivity index (χ0v) is 12.0. The number of hydrogen-bond donors (Lipinski definition) is 2. The third-order valence-electron chi connectivity index (χ3n) is 4.90. The molecule has 2 unspecified atom stereocenters. The van der Waals surface area contributed by atoms with E-state index in [0.29, 0.717) is 6.04 Å². The van der Waals surface area contributed by atoms with Gasteiger partial charge >= 0.3 is 0 Å². The van der Waals surface area contributed by atoms with Crippen LogP contribution in [0.2, 0.25) is 0 Å². The number of nitrogens with zero attached hydrogens (tertiary/aromatic N) is 1. The Hall–Kier alpha value is -0.120. The lowest BCUT2D eigenvalue weighted by molar-refractivity contribution is 0.189. The van der Waals surface area contributed by atoms with Crippen LogP contribution in [0.15, 0.2) is 0 Å². The van der Waals surface area contributed by atoms with E-state index >= 15 is 0 Å². The Morgan fingerprint density at radius 3 is 2.67 bits per heavy atom. The fourth-order valence-electron chi connectivity index (χ4n) is 3.46. The second kappa shape index (κ2) is 7.46. The molecule has 0 aromatic carbocycles. The predicted molar refractivity (Wildman–Crippen MR) is 77.6 cm³/mol. The van der Waals surface area contributed by atoms with E-state index < -0.39 is 0 Å². The van der Waals surface area contributed by atoms with Crippen molar-refractivity contribution < 1.29 is 0 Å². The normalized spacial score (nSPS) is 31.0. The molecule has 106 valence electrons. The fourth-order valence-corrected chi connectivity index (χ4v) is 3.46. The van der Waals surface area contributed by atoms with Gasteiger partial charge < -0.3 is 16.0 Å². The van der Waals surface area contributed by atoms with Gasteiger partial charge in [0, 0.05) is 6.04 Å². The van der Waals surface area contributed by atoms with Gasteiger partial charge in [0.15, 0.2) is 0 Å². The van der Waals surface area contributed by atoms with Crippen molar-refractivity contribution in [1.29, 1.82) is 0 Å². The Morgan fingerprint density at radius 1 is 1.17 bits per heavy atom. The van der Waals surface area contributed by atoms with Gasteiger partial charge in [-0.15, -0.1) is 0 Å². The van der Waals surface area contributed by atoms with Crippen molar-refractivity contribution in [2.45, 2.75) is 51.5 Å². The first-order valence-electron chi connectivity index (χ1n) is 7.95. The Kier molecular flexibility index (Phi) is 5.93. The molecule has 0 aromatic rings. The summed E-state index contributed by atoms with van der Waals surface area (Å²) in [4.78, 5) is 2.64. The number of piperidine rings is 1. The third kappa shape index (κ3) is 4.22. The van der Waals surface area contributed by atoms with Gasteiger partial charge in [0.2, 0.25) is 0 Å². The van der Waals surface area contributed by atoms with Crippen LogP contribution in [0.3, 0.4) is 0 Å². The van der Waals surface area contributed by atoms with Gasteiger partial charge in [0.1, 0.15) is 0 Å². The molecule has 1 aliphatic carbocycles. The largest absolute Gasteiger partial charge is 0.330 e. The highest BCUT2D eigenvalue weighted by Crippen LogP contribution is 2.24. The lowest BCUT2D eigenvalue weighted by Gasteiger charge is -2.30. The van der Waals surface area contributed by atoms with Gasteiger partial charge in [-0.25, -0.2) is 0 Å². The summed E-state index contributed by atoms with van der Waals surface area (Å²) in [7, 11) is 0. The molecule has 0 aromatic heterocycles. The maximum Gasteiger partial charge on any atom is 0.0107 e. The maximum atomic E-state index is 5.81. The highest BCUT2D eigenvalue weighted by Gasteiger charge is 2.25. The van der Waals surface area contributed by atoms with E-state index in [1.807, 2.05) is 0 Å². The molecular formula is C15H31N3. The molecule has 2 aliphatic rings. The summed E-state index contributed by atoms with van der Waals surface area (Å²) in [5.41, 5.74) is 5.81. The highest BCUT2D eigenvalue weighted by molar-refractivity contribution is 4.83. The van der Waals surface area contributed by atoms with Crippen LogP contribution in [-0.4, -0.2) is 43.7 Å². The molecule has 18 heavy (non-hydrogen) atoms. The molecule has 1 aliphatic heterocycles. The average Bonchev–Trinajstić information content (AvgIpc) is 2.84. The third-order valence-corrected chi connectivity index (χ3v) is 4.90. The zero-order chi connectivity index (χ0) is 12.8. The summed E-state index contributed by atoms with van der Waals surface area (Å²) in [6, 6.07) is 0.705. The Bertz CT molecular complexity index is 224. The number of nitrogens with one attached hydrogen (secondary N) is 1. The summed E-state index contributed by atoms with van der Waals surface area (Å²) in [6.45, 7) is 8.33. The molecule has 2 rings (SSSR count). The smallest absolute Gasteiger partial charge is 0.0107 e. The van der Waals surface area contributed by atoms with Crippen LogP contribution in [0.25, 0.3) is 0 Å². The molecule has 3 heteroatoms. The number of nitrogens with two attached hydrogens (primary N) is 1. The molecular weight excluding hydrogens is 222 g/mol. The lowest BCUT2D eigenvalue weighted by atomic mass is 9.99. The molecule has 1 saturated carbocycles. The number of hydrogen-bond acceptors (Lipinski definition) is 3. The topological polar surface area (TPSA) is 41.3 Å². The number of likely N-dealkylation sites (tertiary alicyclic amines) is 1. The van der Waals surface area contributed by atoms with Gasteiger partial charge in [-0.3, -0.25) is 0 Å². The molecule has 0 bridgehead atoms. The Balaban J connectivity index is 1.53. The first-order valence-corrected chi connectivity index (χ1v) is 7.95. The van der Waals surface area contributed by atoms with Crippen molar-refractivity contribution in [3.05, 3.63) is 0 Å². The van der Waals surface area contributed by atoms with E-state index in [0.717, 1.165) is 18.4 Å². The highest BCUT2D eigenvalue weighted by atomic mass is 15.1. The molecule has 1 saturated heterocycles. The lowest BCUT2D eigenvalue weighted by Crippen LogP contribution is -2.38. The second-order valence-corrected chi connectivity index (χ2v) is 6.37. The average molecular weight is 253 g/mol. The van der Waals surface area contributed by atoms with Crippen LogP contribution in [0.1, 0.15) is 45.4 Å². The Morgan fingerprint density at radius 2 is 1.94 bits per heavy atom. The van der Waals surface area contributed by atoms with Crippen LogP contribution >= 0.6 is 0 Å². The van der Waals surface area contributed by atoms with Crippen molar-refractivity contribution in [3.63, 3.8) is 0 Å². The van der Waals surface area contributed by atoms with Gasteiger partial charge in [0.05, 0.1) is 0 Å². The zero-order valence-electron chi connectivity index (χ0n) is 12.0. The molecule has 0 spiro atoms. The standard InChI is InChI=1S/C15H31N3/c1-13-6-10-18(11-7-13)9-3-8-17-15-5-2-4-14(15)12-16/h13-15,17H,2-12,16H2,1H3. The first-order chi connectivity index (χ1) is 8.79. The van der Waals surface area contributed by atoms with Crippen molar-refractivity contribution in [2.75, 3.05) is 32.7 Å². The predicted octanol–water partition coefficient (Wildman–Crippen LogP) is 1.83. The van der Waals surface area contributed by atoms with Crippen molar-refractivity contribution >= 4 is 0 Å². The molecule has 3 nitrogen and oxygen atoms in total. The maximum absolute atomic E-state index is 5.81. The van der Waals surface area contributed by atoms with Crippen molar-refractivity contribution in [1.82, 2.24) is 10.2 Å². The summed E-state index contributed by atoms with van der Waals surface area (Å²) in [6.07, 6.45) is 8.11. The van der Waals surface area contributed by atoms with E-state index in [-0.39, 0.29) is 0 Å². The summed E-state index contributed by atoms with van der Waals surface area (Å²) < 4.78 is 0. The summed E-state index contributed by atoms with van der Waals surface area (Å²) in [5, 5.41) is 3.72. The molecule has 2 fully saturated rings. The fraction of sp³-hybridized carbons (Fsp3) is 1.00. The van der Waals surface area contributed by atoms with Crippen LogP contribution in [0, 0.1) is 11.8 Å². The van der Waals surface area contributed by atoms with Gasteiger partial charge in [-0.1, -0.05) is 13.3 Å². The van der Waals surface area contributed by atoms with Crippen LogP contribution in [0.5, 0.6) is 0 Å². The molecule has 2 atom stereocenters. The van der Waals surface area contributed by atoms with E-state index in [1.165, 1.54) is 64.7 Å². The molecule has 0 radical (unpaired) electrons. The van der Waals surface area contributed by atoms with Crippen LogP contribution in [0.4, 0.5) is 0 Å². The first kappa shape index (κ1) is 14.3. The summed E-state index contributed by atoms with van der Waals surface area (Å²) in [5.74, 6) is 1.68. The van der Waals surface area contributed by atoms with E-state index in [9.17, 15) is 0 Å². The molecule has 1 heterocycles. The molecule has 0 amide bonds. The minimum absolute atomic E-state index is 0.705. The van der Waals surface area contributed by atoms with E-state index in [4.69, 9.17) is 5.73 Å². The van der Waals surface area contributed by atoms with Crippen LogP contribution in [-0.2, 0) is 0 Å². The monoisotopic (exact) mass is 253 g/mol. The van der Waals surface area contributed by atoms with E-state index in [2.05, 4.69) is 17.1 Å².